The molecule has 1 aliphatic carbocycles. The Morgan fingerprint density at radius 3 is 2.11 bits per heavy atom. The van der Waals surface area contributed by atoms with E-state index in [1.54, 1.807) is 12.1 Å². The van der Waals surface area contributed by atoms with Crippen LogP contribution in [0, 0.1) is 0 Å². The van der Waals surface area contributed by atoms with Gasteiger partial charge in [-0.2, -0.15) is 0 Å². The smallest absolute Gasteiger partial charge is 0.216 e. The summed E-state index contributed by atoms with van der Waals surface area (Å²) in [7, 11) is 3.83. The van der Waals surface area contributed by atoms with Gasteiger partial charge in [-0.15, -0.1) is 0 Å². The zero-order valence-electron chi connectivity index (χ0n) is 10.4. The van der Waals surface area contributed by atoms with E-state index in [0.717, 1.165) is 11.8 Å². The lowest BCUT2D eigenvalue weighted by atomic mass is 9.96. The number of nitrogens with zero attached hydrogens (tertiary/aromatic N) is 1. The third-order valence-corrected chi connectivity index (χ3v) is 3.45. The van der Waals surface area contributed by atoms with E-state index in [2.05, 4.69) is 0 Å². The first-order chi connectivity index (χ1) is 8.91. The third-order valence-electron chi connectivity index (χ3n) is 2.81. The number of carbonyl (C=O) groups excluding carboxylic acids is 2. The molecule has 0 saturated heterocycles. The molecular formula is C14H11Cl2NO2. The average Bonchev–Trinajstić information content (AvgIpc) is 2.37. The van der Waals surface area contributed by atoms with E-state index in [4.69, 9.17) is 23.2 Å². The number of rotatable bonds is 2. The van der Waals surface area contributed by atoms with Gasteiger partial charge in [0, 0.05) is 25.9 Å². The minimum Gasteiger partial charge on any atom is -0.378 e. The first kappa shape index (κ1) is 13.8. The van der Waals surface area contributed by atoms with Crippen molar-refractivity contribution in [3.05, 3.63) is 46.0 Å². The van der Waals surface area contributed by atoms with Crippen LogP contribution in [-0.4, -0.2) is 25.7 Å². The average molecular weight is 296 g/mol. The van der Waals surface area contributed by atoms with E-state index < -0.39 is 5.78 Å². The van der Waals surface area contributed by atoms with E-state index >= 15 is 0 Å². The maximum absolute atomic E-state index is 11.9. The van der Waals surface area contributed by atoms with Crippen molar-refractivity contribution in [2.24, 2.45) is 0 Å². The van der Waals surface area contributed by atoms with Crippen LogP contribution in [0.1, 0.15) is 5.56 Å². The predicted octanol–water partition coefficient (Wildman–Crippen LogP) is 2.98. The van der Waals surface area contributed by atoms with Crippen LogP contribution >= 0.6 is 23.2 Å². The lowest BCUT2D eigenvalue weighted by Crippen LogP contribution is -2.14. The molecule has 0 heterocycles. The molecule has 2 rings (SSSR count). The highest BCUT2D eigenvalue weighted by Crippen LogP contribution is 2.31. The molecule has 0 aliphatic heterocycles. The fraction of sp³-hybridized carbons (Fsp3) is 0.143. The first-order valence-corrected chi connectivity index (χ1v) is 6.31. The Kier molecular flexibility index (Phi) is 3.78. The van der Waals surface area contributed by atoms with Crippen molar-refractivity contribution in [2.75, 3.05) is 19.0 Å². The molecule has 0 amide bonds. The number of hydrogen-bond donors (Lipinski definition) is 0. The molecule has 5 heteroatoms. The van der Waals surface area contributed by atoms with Gasteiger partial charge in [0.15, 0.2) is 5.78 Å². The molecule has 1 aliphatic rings. The molecule has 1 aromatic rings. The summed E-state index contributed by atoms with van der Waals surface area (Å²) in [5.41, 5.74) is 1.79. The second kappa shape index (κ2) is 5.19. The van der Waals surface area contributed by atoms with Gasteiger partial charge in [0.1, 0.15) is 5.03 Å². The number of carbonyl (C=O) groups is 2. The Hall–Kier alpha value is -1.58. The predicted molar refractivity (Wildman–Crippen MR) is 77.5 cm³/mol. The second-order valence-electron chi connectivity index (χ2n) is 4.32. The van der Waals surface area contributed by atoms with Crippen molar-refractivity contribution >= 4 is 46.0 Å². The van der Waals surface area contributed by atoms with Gasteiger partial charge in [0.05, 0.1) is 10.6 Å². The van der Waals surface area contributed by atoms with E-state index in [-0.39, 0.29) is 21.4 Å². The fourth-order valence-corrected chi connectivity index (χ4v) is 2.32. The molecule has 0 N–H and O–H groups in total. The van der Waals surface area contributed by atoms with Gasteiger partial charge in [-0.3, -0.25) is 9.59 Å². The van der Waals surface area contributed by atoms with Gasteiger partial charge in [-0.25, -0.2) is 0 Å². The largest absolute Gasteiger partial charge is 0.378 e. The normalized spacial score (nSPS) is 15.7. The zero-order valence-corrected chi connectivity index (χ0v) is 11.9. The third kappa shape index (κ3) is 2.57. The van der Waals surface area contributed by atoms with Crippen LogP contribution in [0.5, 0.6) is 0 Å². The molecule has 98 valence electrons. The Morgan fingerprint density at radius 2 is 1.58 bits per heavy atom. The van der Waals surface area contributed by atoms with Crippen LogP contribution in [0.2, 0.25) is 0 Å². The Balaban J connectivity index is 2.46. The molecule has 0 fully saturated rings. The van der Waals surface area contributed by atoms with Crippen molar-refractivity contribution in [3.63, 3.8) is 0 Å². The van der Waals surface area contributed by atoms with Gasteiger partial charge < -0.3 is 4.90 Å². The maximum atomic E-state index is 11.9. The number of hydrogen-bond acceptors (Lipinski definition) is 3. The number of benzene rings is 1. The summed E-state index contributed by atoms with van der Waals surface area (Å²) in [4.78, 5) is 25.5. The van der Waals surface area contributed by atoms with E-state index in [1.165, 1.54) is 0 Å². The lowest BCUT2D eigenvalue weighted by Gasteiger charge is -2.15. The summed E-state index contributed by atoms with van der Waals surface area (Å²) in [5.74, 6) is -0.873. The zero-order chi connectivity index (χ0) is 14.2. The number of anilines is 1. The molecular weight excluding hydrogens is 285 g/mol. The standard InChI is InChI=1S/C14H11Cl2NO2/c1-17(2)9-5-3-8(4-6-9)12-11(18)7-10(15)14(19)13(12)16/h3-7H,1-2H3. The molecule has 0 aromatic heterocycles. The van der Waals surface area contributed by atoms with Gasteiger partial charge in [0.2, 0.25) is 5.78 Å². The Bertz CT molecular complexity index is 613. The monoisotopic (exact) mass is 295 g/mol. The summed E-state index contributed by atoms with van der Waals surface area (Å²) in [6.45, 7) is 0. The summed E-state index contributed by atoms with van der Waals surface area (Å²) < 4.78 is 0. The first-order valence-electron chi connectivity index (χ1n) is 5.55. The van der Waals surface area contributed by atoms with Crippen molar-refractivity contribution < 1.29 is 9.59 Å². The molecule has 0 unspecified atom stereocenters. The molecule has 0 saturated carbocycles. The topological polar surface area (TPSA) is 37.4 Å². The molecule has 0 spiro atoms. The Labute approximate surface area is 121 Å². The van der Waals surface area contributed by atoms with Crippen molar-refractivity contribution in [3.8, 4) is 0 Å². The van der Waals surface area contributed by atoms with E-state index in [9.17, 15) is 9.59 Å². The van der Waals surface area contributed by atoms with Crippen molar-refractivity contribution in [2.45, 2.75) is 0 Å². The fourth-order valence-electron chi connectivity index (χ4n) is 1.77. The number of allylic oxidation sites excluding steroid dienone is 4. The Morgan fingerprint density at radius 1 is 1.00 bits per heavy atom. The van der Waals surface area contributed by atoms with Crippen LogP contribution in [0.3, 0.4) is 0 Å². The SMILES string of the molecule is CN(C)c1ccc(C2=C(Cl)C(=O)C(Cl)=CC2=O)cc1. The maximum Gasteiger partial charge on any atom is 0.216 e. The highest BCUT2D eigenvalue weighted by molar-refractivity contribution is 6.62. The van der Waals surface area contributed by atoms with Crippen molar-refractivity contribution in [1.29, 1.82) is 0 Å². The molecule has 0 atom stereocenters. The highest BCUT2D eigenvalue weighted by Gasteiger charge is 2.27. The molecule has 19 heavy (non-hydrogen) atoms. The molecule has 3 nitrogen and oxygen atoms in total. The minimum absolute atomic E-state index is 0.130. The summed E-state index contributed by atoms with van der Waals surface area (Å²) in [6.07, 6.45) is 1.10. The van der Waals surface area contributed by atoms with Crippen LogP contribution in [0.15, 0.2) is 40.4 Å². The molecule has 1 aromatic carbocycles. The summed E-state index contributed by atoms with van der Waals surface area (Å²) >= 11 is 11.6. The molecule has 0 radical (unpaired) electrons. The quantitative estimate of drug-likeness (QED) is 0.787. The van der Waals surface area contributed by atoms with Crippen LogP contribution in [0.25, 0.3) is 5.57 Å². The summed E-state index contributed by atoms with van der Waals surface area (Å²) in [5, 5.41) is -0.279. The van der Waals surface area contributed by atoms with Gasteiger partial charge in [-0.05, 0) is 17.7 Å². The van der Waals surface area contributed by atoms with Gasteiger partial charge in [-0.1, -0.05) is 35.3 Å². The van der Waals surface area contributed by atoms with Crippen molar-refractivity contribution in [1.82, 2.24) is 0 Å². The van der Waals surface area contributed by atoms with Crippen LogP contribution < -0.4 is 4.90 Å². The van der Waals surface area contributed by atoms with E-state index in [0.29, 0.717) is 5.56 Å². The summed E-state index contributed by atoms with van der Waals surface area (Å²) in [6, 6.07) is 7.21. The van der Waals surface area contributed by atoms with Crippen LogP contribution in [-0.2, 0) is 9.59 Å². The number of halogens is 2. The van der Waals surface area contributed by atoms with Gasteiger partial charge >= 0.3 is 0 Å². The second-order valence-corrected chi connectivity index (χ2v) is 5.10. The number of ketones is 2. The molecule has 0 bridgehead atoms. The van der Waals surface area contributed by atoms with Gasteiger partial charge in [0.25, 0.3) is 0 Å². The lowest BCUT2D eigenvalue weighted by molar-refractivity contribution is -0.113. The number of Topliss-reactive ketones (excluding diaryl/α,β-unsaturated/α-hetero) is 1. The van der Waals surface area contributed by atoms with Crippen LogP contribution in [0.4, 0.5) is 5.69 Å². The minimum atomic E-state index is -0.519. The highest BCUT2D eigenvalue weighted by atomic mass is 35.5. The van der Waals surface area contributed by atoms with E-state index in [1.807, 2.05) is 31.1 Å².